The van der Waals surface area contributed by atoms with Gasteiger partial charge in [-0.05, 0) is 56.6 Å². The summed E-state index contributed by atoms with van der Waals surface area (Å²) >= 11 is 0. The summed E-state index contributed by atoms with van der Waals surface area (Å²) in [5, 5.41) is 3.06. The average molecular weight is 298 g/mol. The highest BCUT2D eigenvalue weighted by molar-refractivity contribution is 5.95. The van der Waals surface area contributed by atoms with E-state index in [4.69, 9.17) is 4.42 Å². The standard InChI is InChI=1S/C18H22N2O2/c1-14-7-2-3-8-15(14)18(21)19-13-16(17-9-6-12-22-17)20-10-4-5-11-20/h2-3,6-9,12,16H,4-5,10-11,13H2,1H3,(H,19,21)/t16-/m1/s1. The number of hydrogen-bond donors (Lipinski definition) is 1. The van der Waals surface area contributed by atoms with Crippen LogP contribution in [0.4, 0.5) is 0 Å². The third kappa shape index (κ3) is 3.22. The zero-order valence-electron chi connectivity index (χ0n) is 12.9. The van der Waals surface area contributed by atoms with Crippen LogP contribution in [0.25, 0.3) is 0 Å². The van der Waals surface area contributed by atoms with E-state index < -0.39 is 0 Å². The number of hydrogen-bond acceptors (Lipinski definition) is 3. The van der Waals surface area contributed by atoms with E-state index in [1.54, 1.807) is 6.26 Å². The molecule has 4 heteroatoms. The van der Waals surface area contributed by atoms with Crippen LogP contribution in [-0.4, -0.2) is 30.4 Å². The number of aryl methyl sites for hydroxylation is 1. The SMILES string of the molecule is Cc1ccccc1C(=O)NC[C@H](c1ccco1)N1CCCC1. The molecule has 0 bridgehead atoms. The van der Waals surface area contributed by atoms with Gasteiger partial charge < -0.3 is 9.73 Å². The fourth-order valence-electron chi connectivity index (χ4n) is 3.06. The van der Waals surface area contributed by atoms with E-state index >= 15 is 0 Å². The molecule has 4 nitrogen and oxygen atoms in total. The molecule has 116 valence electrons. The van der Waals surface area contributed by atoms with Gasteiger partial charge in [0.15, 0.2) is 0 Å². The fraction of sp³-hybridized carbons (Fsp3) is 0.389. The lowest BCUT2D eigenvalue weighted by molar-refractivity contribution is 0.0933. The molecule has 1 aliphatic heterocycles. The Morgan fingerprint density at radius 2 is 2.00 bits per heavy atom. The highest BCUT2D eigenvalue weighted by Crippen LogP contribution is 2.25. The monoisotopic (exact) mass is 298 g/mol. The lowest BCUT2D eigenvalue weighted by atomic mass is 10.1. The average Bonchev–Trinajstić information content (AvgIpc) is 3.21. The molecule has 0 spiro atoms. The number of amides is 1. The summed E-state index contributed by atoms with van der Waals surface area (Å²) in [5.74, 6) is 0.904. The molecule has 0 aliphatic carbocycles. The van der Waals surface area contributed by atoms with Crippen molar-refractivity contribution in [1.29, 1.82) is 0 Å². The van der Waals surface area contributed by atoms with Crippen molar-refractivity contribution < 1.29 is 9.21 Å². The molecule has 1 aliphatic rings. The minimum Gasteiger partial charge on any atom is -0.468 e. The zero-order valence-corrected chi connectivity index (χ0v) is 12.9. The van der Waals surface area contributed by atoms with Crippen molar-refractivity contribution in [2.45, 2.75) is 25.8 Å². The Hall–Kier alpha value is -2.07. The van der Waals surface area contributed by atoms with Gasteiger partial charge in [-0.1, -0.05) is 18.2 Å². The van der Waals surface area contributed by atoms with E-state index in [2.05, 4.69) is 10.2 Å². The van der Waals surface area contributed by atoms with E-state index in [-0.39, 0.29) is 11.9 Å². The van der Waals surface area contributed by atoms with Gasteiger partial charge in [0.25, 0.3) is 5.91 Å². The van der Waals surface area contributed by atoms with Crippen LogP contribution in [0.2, 0.25) is 0 Å². The molecule has 3 rings (SSSR count). The molecule has 1 amide bonds. The number of rotatable bonds is 5. The lowest BCUT2D eigenvalue weighted by Crippen LogP contribution is -2.36. The third-order valence-electron chi connectivity index (χ3n) is 4.30. The van der Waals surface area contributed by atoms with E-state index in [1.165, 1.54) is 12.8 Å². The van der Waals surface area contributed by atoms with Gasteiger partial charge in [-0.3, -0.25) is 9.69 Å². The van der Waals surface area contributed by atoms with Crippen LogP contribution in [0.5, 0.6) is 0 Å². The first kappa shape index (κ1) is 14.9. The van der Waals surface area contributed by atoms with Gasteiger partial charge in [-0.25, -0.2) is 0 Å². The summed E-state index contributed by atoms with van der Waals surface area (Å²) < 4.78 is 5.58. The number of carbonyl (C=O) groups is 1. The van der Waals surface area contributed by atoms with Crippen molar-refractivity contribution in [1.82, 2.24) is 10.2 Å². The maximum absolute atomic E-state index is 12.4. The Kier molecular flexibility index (Phi) is 4.59. The second kappa shape index (κ2) is 6.79. The summed E-state index contributed by atoms with van der Waals surface area (Å²) in [6.45, 7) is 4.65. The topological polar surface area (TPSA) is 45.5 Å². The molecule has 2 heterocycles. The molecule has 1 fully saturated rings. The highest BCUT2D eigenvalue weighted by Gasteiger charge is 2.26. The minimum absolute atomic E-state index is 0.0196. The van der Waals surface area contributed by atoms with Crippen molar-refractivity contribution in [3.8, 4) is 0 Å². The number of nitrogens with one attached hydrogen (secondary N) is 1. The normalized spacial score (nSPS) is 16.6. The van der Waals surface area contributed by atoms with Crippen molar-refractivity contribution in [2.24, 2.45) is 0 Å². The molecule has 1 saturated heterocycles. The molecule has 1 atom stereocenters. The summed E-state index contributed by atoms with van der Waals surface area (Å²) in [6.07, 6.45) is 4.12. The van der Waals surface area contributed by atoms with Gasteiger partial charge in [-0.15, -0.1) is 0 Å². The Bertz CT molecular complexity index is 616. The molecule has 0 unspecified atom stereocenters. The largest absolute Gasteiger partial charge is 0.468 e. The number of nitrogens with zero attached hydrogens (tertiary/aromatic N) is 1. The Morgan fingerprint density at radius 3 is 2.68 bits per heavy atom. The Morgan fingerprint density at radius 1 is 1.23 bits per heavy atom. The maximum atomic E-state index is 12.4. The first-order chi connectivity index (χ1) is 10.8. The quantitative estimate of drug-likeness (QED) is 0.922. The number of carbonyl (C=O) groups excluding carboxylic acids is 1. The summed E-state index contributed by atoms with van der Waals surface area (Å²) in [5.41, 5.74) is 1.73. The van der Waals surface area contributed by atoms with Gasteiger partial charge in [0.1, 0.15) is 5.76 Å². The van der Waals surface area contributed by atoms with Crippen LogP contribution >= 0.6 is 0 Å². The number of likely N-dealkylation sites (tertiary alicyclic amines) is 1. The number of furan rings is 1. The predicted molar refractivity (Wildman–Crippen MR) is 85.8 cm³/mol. The molecule has 0 saturated carbocycles. The summed E-state index contributed by atoms with van der Waals surface area (Å²) in [4.78, 5) is 14.8. The van der Waals surface area contributed by atoms with Crippen LogP contribution in [0.1, 0.15) is 40.6 Å². The molecule has 1 aromatic heterocycles. The van der Waals surface area contributed by atoms with Gasteiger partial charge in [0.2, 0.25) is 0 Å². The summed E-state index contributed by atoms with van der Waals surface area (Å²) in [7, 11) is 0. The van der Waals surface area contributed by atoms with E-state index in [0.717, 1.165) is 30.0 Å². The van der Waals surface area contributed by atoms with Crippen LogP contribution in [0.3, 0.4) is 0 Å². The molecule has 1 aromatic carbocycles. The molecule has 0 radical (unpaired) electrons. The van der Waals surface area contributed by atoms with Crippen LogP contribution in [0, 0.1) is 6.92 Å². The molecular formula is C18H22N2O2. The molecule has 2 aromatic rings. The summed E-state index contributed by atoms with van der Waals surface area (Å²) in [6, 6.07) is 11.7. The van der Waals surface area contributed by atoms with Crippen molar-refractivity contribution in [3.05, 3.63) is 59.5 Å². The number of benzene rings is 1. The molecule has 22 heavy (non-hydrogen) atoms. The van der Waals surface area contributed by atoms with Crippen LogP contribution in [0.15, 0.2) is 47.1 Å². The fourth-order valence-corrected chi connectivity index (χ4v) is 3.06. The van der Waals surface area contributed by atoms with Gasteiger partial charge >= 0.3 is 0 Å². The van der Waals surface area contributed by atoms with Gasteiger partial charge in [0, 0.05) is 12.1 Å². The Balaban J connectivity index is 1.69. The van der Waals surface area contributed by atoms with Crippen molar-refractivity contribution >= 4 is 5.91 Å². The minimum atomic E-state index is -0.0196. The Labute approximate surface area is 131 Å². The smallest absolute Gasteiger partial charge is 0.251 e. The first-order valence-electron chi connectivity index (χ1n) is 7.87. The maximum Gasteiger partial charge on any atom is 0.251 e. The van der Waals surface area contributed by atoms with Crippen molar-refractivity contribution in [2.75, 3.05) is 19.6 Å². The van der Waals surface area contributed by atoms with Gasteiger partial charge in [-0.2, -0.15) is 0 Å². The van der Waals surface area contributed by atoms with Crippen LogP contribution in [-0.2, 0) is 0 Å². The van der Waals surface area contributed by atoms with E-state index in [9.17, 15) is 4.79 Å². The van der Waals surface area contributed by atoms with Crippen molar-refractivity contribution in [3.63, 3.8) is 0 Å². The molecule has 1 N–H and O–H groups in total. The third-order valence-corrected chi connectivity index (χ3v) is 4.30. The predicted octanol–water partition coefficient (Wildman–Crippen LogP) is 3.15. The highest BCUT2D eigenvalue weighted by atomic mass is 16.3. The second-order valence-electron chi connectivity index (χ2n) is 5.80. The zero-order chi connectivity index (χ0) is 15.4. The lowest BCUT2D eigenvalue weighted by Gasteiger charge is -2.26. The van der Waals surface area contributed by atoms with E-state index in [0.29, 0.717) is 6.54 Å². The van der Waals surface area contributed by atoms with E-state index in [1.807, 2.05) is 43.3 Å². The first-order valence-corrected chi connectivity index (χ1v) is 7.87. The van der Waals surface area contributed by atoms with Gasteiger partial charge in [0.05, 0.1) is 12.3 Å². The molecular weight excluding hydrogens is 276 g/mol. The van der Waals surface area contributed by atoms with Crippen LogP contribution < -0.4 is 5.32 Å². The second-order valence-corrected chi connectivity index (χ2v) is 5.80.